The number of hydrogen-bond acceptors (Lipinski definition) is 3. The van der Waals surface area contributed by atoms with E-state index in [9.17, 15) is 4.79 Å². The predicted octanol–water partition coefficient (Wildman–Crippen LogP) is 0.530. The van der Waals surface area contributed by atoms with E-state index in [2.05, 4.69) is 5.32 Å². The number of carbonyl (C=O) groups excluding carboxylic acids is 1. The maximum absolute atomic E-state index is 11.1. The third kappa shape index (κ3) is 5.02. The Morgan fingerprint density at radius 1 is 1.33 bits per heavy atom. The van der Waals surface area contributed by atoms with Gasteiger partial charge >= 0.3 is 0 Å². The Kier molecular flexibility index (Phi) is 5.25. The molecule has 82 valence electrons. The second-order valence-corrected chi connectivity index (χ2v) is 3.05. The minimum Gasteiger partial charge on any atom is -0.493 e. The van der Waals surface area contributed by atoms with E-state index in [1.54, 1.807) is 0 Å². The molecule has 15 heavy (non-hydrogen) atoms. The number of amides is 1. The second-order valence-electron chi connectivity index (χ2n) is 3.05. The lowest BCUT2D eigenvalue weighted by atomic mass is 10.3. The van der Waals surface area contributed by atoms with Gasteiger partial charge in [0.1, 0.15) is 5.75 Å². The number of nitrogens with one attached hydrogen (secondary N) is 1. The van der Waals surface area contributed by atoms with Crippen molar-refractivity contribution in [2.75, 3.05) is 19.7 Å². The van der Waals surface area contributed by atoms with Gasteiger partial charge in [-0.25, -0.2) is 0 Å². The van der Waals surface area contributed by atoms with Crippen molar-refractivity contribution < 1.29 is 9.53 Å². The molecule has 0 atom stereocenters. The minimum absolute atomic E-state index is 0.0311. The fourth-order valence-electron chi connectivity index (χ4n) is 1.08. The van der Waals surface area contributed by atoms with Gasteiger partial charge in [-0.15, -0.1) is 0 Å². The van der Waals surface area contributed by atoms with Crippen LogP contribution in [0.1, 0.15) is 6.42 Å². The van der Waals surface area contributed by atoms with Crippen LogP contribution in [0, 0.1) is 0 Å². The topological polar surface area (TPSA) is 64.3 Å². The molecule has 0 fully saturated rings. The largest absolute Gasteiger partial charge is 0.493 e. The molecule has 0 heterocycles. The number of ether oxygens (including phenoxy) is 1. The number of rotatable bonds is 6. The molecule has 0 saturated heterocycles. The first-order chi connectivity index (χ1) is 7.33. The summed E-state index contributed by atoms with van der Waals surface area (Å²) >= 11 is 0. The Morgan fingerprint density at radius 3 is 2.73 bits per heavy atom. The quantitative estimate of drug-likeness (QED) is 0.716. The Labute approximate surface area is 89.4 Å². The van der Waals surface area contributed by atoms with E-state index in [0.29, 0.717) is 26.1 Å². The van der Waals surface area contributed by atoms with Crippen molar-refractivity contribution in [3.63, 3.8) is 0 Å². The van der Waals surface area contributed by atoms with Crippen molar-refractivity contribution in [1.29, 1.82) is 0 Å². The molecular formula is C11H16N2O2. The molecule has 0 unspecified atom stereocenters. The SMILES string of the molecule is NCCNC(=O)CCOc1ccccc1. The van der Waals surface area contributed by atoms with Crippen LogP contribution >= 0.6 is 0 Å². The maximum atomic E-state index is 11.1. The zero-order chi connectivity index (χ0) is 10.9. The highest BCUT2D eigenvalue weighted by Crippen LogP contribution is 2.08. The zero-order valence-corrected chi connectivity index (χ0v) is 8.61. The number of hydrogen-bond donors (Lipinski definition) is 2. The second kappa shape index (κ2) is 6.84. The summed E-state index contributed by atoms with van der Waals surface area (Å²) in [4.78, 5) is 11.1. The summed E-state index contributed by atoms with van der Waals surface area (Å²) in [6.07, 6.45) is 0.356. The summed E-state index contributed by atoms with van der Waals surface area (Å²) in [5, 5.41) is 2.67. The normalized spacial score (nSPS) is 9.67. The monoisotopic (exact) mass is 208 g/mol. The average molecular weight is 208 g/mol. The molecule has 1 aromatic rings. The van der Waals surface area contributed by atoms with Gasteiger partial charge in [-0.3, -0.25) is 4.79 Å². The molecule has 4 heteroatoms. The average Bonchev–Trinajstić information content (AvgIpc) is 2.28. The first-order valence-corrected chi connectivity index (χ1v) is 4.97. The molecule has 1 rings (SSSR count). The summed E-state index contributed by atoms with van der Waals surface area (Å²) < 4.78 is 5.36. The molecule has 0 aliphatic rings. The van der Waals surface area contributed by atoms with Gasteiger partial charge in [-0.2, -0.15) is 0 Å². The molecular weight excluding hydrogens is 192 g/mol. The van der Waals surface area contributed by atoms with Crippen LogP contribution in [-0.4, -0.2) is 25.6 Å². The van der Waals surface area contributed by atoms with Crippen molar-refractivity contribution >= 4 is 5.91 Å². The number of carbonyl (C=O) groups is 1. The first kappa shape index (κ1) is 11.5. The van der Waals surface area contributed by atoms with Crippen LogP contribution in [0.4, 0.5) is 0 Å². The van der Waals surface area contributed by atoms with Gasteiger partial charge in [0.05, 0.1) is 13.0 Å². The Hall–Kier alpha value is -1.55. The van der Waals surface area contributed by atoms with E-state index >= 15 is 0 Å². The number of para-hydroxylation sites is 1. The third-order valence-corrected chi connectivity index (χ3v) is 1.81. The van der Waals surface area contributed by atoms with E-state index in [1.165, 1.54) is 0 Å². The lowest BCUT2D eigenvalue weighted by Crippen LogP contribution is -2.29. The van der Waals surface area contributed by atoms with E-state index < -0.39 is 0 Å². The van der Waals surface area contributed by atoms with Gasteiger partial charge in [-0.05, 0) is 12.1 Å². The van der Waals surface area contributed by atoms with Gasteiger partial charge < -0.3 is 15.8 Å². The van der Waals surface area contributed by atoms with Gasteiger partial charge in [0, 0.05) is 13.1 Å². The molecule has 0 radical (unpaired) electrons. The van der Waals surface area contributed by atoms with Crippen LogP contribution < -0.4 is 15.8 Å². The summed E-state index contributed by atoms with van der Waals surface area (Å²) in [7, 11) is 0. The van der Waals surface area contributed by atoms with Crippen molar-refractivity contribution in [3.8, 4) is 5.75 Å². The molecule has 0 aliphatic heterocycles. The molecule has 4 nitrogen and oxygen atoms in total. The summed E-state index contributed by atoms with van der Waals surface area (Å²) in [6.45, 7) is 1.37. The molecule has 1 amide bonds. The Morgan fingerprint density at radius 2 is 2.07 bits per heavy atom. The molecule has 3 N–H and O–H groups in total. The van der Waals surface area contributed by atoms with E-state index in [1.807, 2.05) is 30.3 Å². The fourth-order valence-corrected chi connectivity index (χ4v) is 1.08. The fraction of sp³-hybridized carbons (Fsp3) is 0.364. The highest BCUT2D eigenvalue weighted by molar-refractivity contribution is 5.75. The van der Waals surface area contributed by atoms with Gasteiger partial charge in [-0.1, -0.05) is 18.2 Å². The highest BCUT2D eigenvalue weighted by atomic mass is 16.5. The van der Waals surface area contributed by atoms with Gasteiger partial charge in [0.2, 0.25) is 5.91 Å². The van der Waals surface area contributed by atoms with E-state index in [-0.39, 0.29) is 5.91 Å². The van der Waals surface area contributed by atoms with Crippen LogP contribution in [-0.2, 0) is 4.79 Å². The molecule has 0 aromatic heterocycles. The van der Waals surface area contributed by atoms with E-state index in [0.717, 1.165) is 5.75 Å². The number of benzene rings is 1. The zero-order valence-electron chi connectivity index (χ0n) is 8.61. The van der Waals surface area contributed by atoms with Crippen LogP contribution in [0.25, 0.3) is 0 Å². The van der Waals surface area contributed by atoms with E-state index in [4.69, 9.17) is 10.5 Å². The molecule has 0 spiro atoms. The smallest absolute Gasteiger partial charge is 0.223 e. The molecule has 0 aliphatic carbocycles. The Balaban J connectivity index is 2.14. The lowest BCUT2D eigenvalue weighted by molar-refractivity contribution is -0.121. The number of nitrogens with two attached hydrogens (primary N) is 1. The first-order valence-electron chi connectivity index (χ1n) is 4.97. The predicted molar refractivity (Wildman–Crippen MR) is 58.6 cm³/mol. The van der Waals surface area contributed by atoms with Crippen LogP contribution in [0.2, 0.25) is 0 Å². The third-order valence-electron chi connectivity index (χ3n) is 1.81. The van der Waals surface area contributed by atoms with Crippen LogP contribution in [0.5, 0.6) is 5.75 Å². The molecule has 0 bridgehead atoms. The maximum Gasteiger partial charge on any atom is 0.223 e. The lowest BCUT2D eigenvalue weighted by Gasteiger charge is -2.06. The van der Waals surface area contributed by atoms with Crippen molar-refractivity contribution in [2.24, 2.45) is 5.73 Å². The Bertz CT molecular complexity index is 288. The summed E-state index contributed by atoms with van der Waals surface area (Å²) in [5.74, 6) is 0.750. The van der Waals surface area contributed by atoms with Crippen molar-refractivity contribution in [1.82, 2.24) is 5.32 Å². The van der Waals surface area contributed by atoms with Gasteiger partial charge in [0.15, 0.2) is 0 Å². The van der Waals surface area contributed by atoms with Crippen molar-refractivity contribution in [3.05, 3.63) is 30.3 Å². The van der Waals surface area contributed by atoms with Crippen LogP contribution in [0.3, 0.4) is 0 Å². The standard InChI is InChI=1S/C11H16N2O2/c12-7-8-13-11(14)6-9-15-10-4-2-1-3-5-10/h1-5H,6-9,12H2,(H,13,14). The molecule has 1 aromatic carbocycles. The summed E-state index contributed by atoms with van der Waals surface area (Å²) in [6, 6.07) is 9.42. The van der Waals surface area contributed by atoms with Crippen molar-refractivity contribution in [2.45, 2.75) is 6.42 Å². The van der Waals surface area contributed by atoms with Crippen LogP contribution in [0.15, 0.2) is 30.3 Å². The molecule has 0 saturated carbocycles. The summed E-state index contributed by atoms with van der Waals surface area (Å²) in [5.41, 5.74) is 5.25. The van der Waals surface area contributed by atoms with Gasteiger partial charge in [0.25, 0.3) is 0 Å². The minimum atomic E-state index is -0.0311. The highest BCUT2D eigenvalue weighted by Gasteiger charge is 1.99.